The molecule has 0 spiro atoms. The molecule has 1 fully saturated rings. The van der Waals surface area contributed by atoms with Gasteiger partial charge in [-0.25, -0.2) is 0 Å². The van der Waals surface area contributed by atoms with Crippen LogP contribution in [0.4, 0.5) is 5.69 Å². The second-order valence-electron chi connectivity index (χ2n) is 5.07. The summed E-state index contributed by atoms with van der Waals surface area (Å²) in [5, 5.41) is 6.16. The van der Waals surface area contributed by atoms with E-state index in [1.54, 1.807) is 0 Å². The number of nitrogens with one attached hydrogen (secondary N) is 2. The zero-order valence-electron chi connectivity index (χ0n) is 12.6. The highest BCUT2D eigenvalue weighted by Crippen LogP contribution is 2.23. The molecule has 5 nitrogen and oxygen atoms in total. The first kappa shape index (κ1) is 15.8. The van der Waals surface area contributed by atoms with Crippen LogP contribution in [0, 0.1) is 0 Å². The third-order valence-corrected chi connectivity index (χ3v) is 3.39. The number of carbonyl (C=O) groups is 1. The molecule has 1 heterocycles. The van der Waals surface area contributed by atoms with Crippen molar-refractivity contribution in [3.63, 3.8) is 0 Å². The van der Waals surface area contributed by atoms with E-state index in [1.165, 1.54) is 0 Å². The molecule has 0 radical (unpaired) electrons. The Morgan fingerprint density at radius 2 is 2.29 bits per heavy atom. The van der Waals surface area contributed by atoms with Gasteiger partial charge >= 0.3 is 0 Å². The lowest BCUT2D eigenvalue weighted by Gasteiger charge is -2.12. The quantitative estimate of drug-likeness (QED) is 0.721. The normalized spacial score (nSPS) is 17.7. The van der Waals surface area contributed by atoms with Crippen LogP contribution in [0.3, 0.4) is 0 Å². The fourth-order valence-corrected chi connectivity index (χ4v) is 2.33. The van der Waals surface area contributed by atoms with E-state index in [4.69, 9.17) is 9.47 Å². The van der Waals surface area contributed by atoms with Gasteiger partial charge in [-0.2, -0.15) is 0 Å². The number of hydrogen-bond acceptors (Lipinski definition) is 4. The van der Waals surface area contributed by atoms with Gasteiger partial charge in [0.15, 0.2) is 0 Å². The molecule has 1 saturated heterocycles. The molecule has 2 rings (SSSR count). The number of benzene rings is 1. The van der Waals surface area contributed by atoms with E-state index in [0.29, 0.717) is 31.4 Å². The molecular formula is C16H24N2O3. The summed E-state index contributed by atoms with van der Waals surface area (Å²) < 4.78 is 11.0. The molecule has 0 aliphatic carbocycles. The minimum Gasteiger partial charge on any atom is -0.492 e. The minimum absolute atomic E-state index is 0.0120. The summed E-state index contributed by atoms with van der Waals surface area (Å²) in [4.78, 5) is 11.9. The van der Waals surface area contributed by atoms with Crippen LogP contribution in [0.5, 0.6) is 5.75 Å². The van der Waals surface area contributed by atoms with Gasteiger partial charge in [-0.05, 0) is 31.9 Å². The first-order chi connectivity index (χ1) is 10.3. The van der Waals surface area contributed by atoms with Crippen molar-refractivity contribution >= 4 is 11.6 Å². The lowest BCUT2D eigenvalue weighted by atomic mass is 10.2. The molecule has 1 atom stereocenters. The van der Waals surface area contributed by atoms with Crippen LogP contribution in [0.2, 0.25) is 0 Å². The summed E-state index contributed by atoms with van der Waals surface area (Å²) in [6.07, 6.45) is 3.00. The minimum atomic E-state index is -0.0120. The van der Waals surface area contributed by atoms with E-state index < -0.39 is 0 Å². The smallest absolute Gasteiger partial charge is 0.225 e. The summed E-state index contributed by atoms with van der Waals surface area (Å²) in [6, 6.07) is 7.48. The highest BCUT2D eigenvalue weighted by molar-refractivity contribution is 5.92. The molecule has 21 heavy (non-hydrogen) atoms. The Kier molecular flexibility index (Phi) is 6.50. The molecule has 0 bridgehead atoms. The Bertz CT molecular complexity index is 445. The van der Waals surface area contributed by atoms with E-state index in [1.807, 2.05) is 31.2 Å². The number of anilines is 1. The summed E-state index contributed by atoms with van der Waals surface area (Å²) >= 11 is 0. The maximum Gasteiger partial charge on any atom is 0.225 e. The van der Waals surface area contributed by atoms with Crippen molar-refractivity contribution < 1.29 is 14.3 Å². The maximum absolute atomic E-state index is 11.9. The van der Waals surface area contributed by atoms with Crippen molar-refractivity contribution in [3.05, 3.63) is 24.3 Å². The van der Waals surface area contributed by atoms with E-state index >= 15 is 0 Å². The van der Waals surface area contributed by atoms with Gasteiger partial charge in [-0.15, -0.1) is 0 Å². The molecule has 1 amide bonds. The Morgan fingerprint density at radius 1 is 1.43 bits per heavy atom. The average molecular weight is 292 g/mol. The van der Waals surface area contributed by atoms with Gasteiger partial charge in [0.05, 0.1) is 18.4 Å². The van der Waals surface area contributed by atoms with E-state index in [-0.39, 0.29) is 5.91 Å². The van der Waals surface area contributed by atoms with E-state index in [2.05, 4.69) is 10.6 Å². The standard InChI is InChI=1S/C16H24N2O3/c1-2-20-15-8-4-3-7-14(15)18-16(19)9-10-17-12-13-6-5-11-21-13/h3-4,7-8,13,17H,2,5-6,9-12H2,1H3,(H,18,19). The van der Waals surface area contributed by atoms with Gasteiger partial charge in [0, 0.05) is 26.1 Å². The molecule has 116 valence electrons. The van der Waals surface area contributed by atoms with Gasteiger partial charge in [-0.3, -0.25) is 4.79 Å². The molecular weight excluding hydrogens is 268 g/mol. The molecule has 1 unspecified atom stereocenters. The summed E-state index contributed by atoms with van der Waals surface area (Å²) in [6.45, 7) is 4.84. The number of hydrogen-bond donors (Lipinski definition) is 2. The second kappa shape index (κ2) is 8.64. The van der Waals surface area contributed by atoms with Crippen LogP contribution < -0.4 is 15.4 Å². The first-order valence-corrected chi connectivity index (χ1v) is 7.63. The number of ether oxygens (including phenoxy) is 2. The lowest BCUT2D eigenvalue weighted by Crippen LogP contribution is -2.29. The molecule has 1 aromatic rings. The van der Waals surface area contributed by atoms with Gasteiger partial charge in [0.2, 0.25) is 5.91 Å². The van der Waals surface area contributed by atoms with Crippen molar-refractivity contribution in [3.8, 4) is 5.75 Å². The van der Waals surface area contributed by atoms with E-state index in [9.17, 15) is 4.79 Å². The monoisotopic (exact) mass is 292 g/mol. The third kappa shape index (κ3) is 5.36. The molecule has 1 aliphatic rings. The van der Waals surface area contributed by atoms with Gasteiger partial charge < -0.3 is 20.1 Å². The van der Waals surface area contributed by atoms with Crippen molar-refractivity contribution in [2.75, 3.05) is 31.6 Å². The Balaban J connectivity index is 1.69. The van der Waals surface area contributed by atoms with Crippen molar-refractivity contribution in [1.82, 2.24) is 5.32 Å². The predicted molar refractivity (Wildman–Crippen MR) is 82.7 cm³/mol. The number of para-hydroxylation sites is 2. The molecule has 0 saturated carbocycles. The number of rotatable bonds is 8. The van der Waals surface area contributed by atoms with Crippen LogP contribution in [0.25, 0.3) is 0 Å². The number of carbonyl (C=O) groups excluding carboxylic acids is 1. The summed E-state index contributed by atoms with van der Waals surface area (Å²) in [5.41, 5.74) is 0.725. The van der Waals surface area contributed by atoms with Crippen molar-refractivity contribution in [2.45, 2.75) is 32.3 Å². The maximum atomic E-state index is 11.9. The number of amides is 1. The highest BCUT2D eigenvalue weighted by Gasteiger charge is 2.14. The zero-order chi connectivity index (χ0) is 14.9. The molecule has 1 aliphatic heterocycles. The first-order valence-electron chi connectivity index (χ1n) is 7.63. The molecule has 1 aromatic carbocycles. The SMILES string of the molecule is CCOc1ccccc1NC(=O)CCNCC1CCCO1. The van der Waals surface area contributed by atoms with Crippen LogP contribution in [-0.2, 0) is 9.53 Å². The van der Waals surface area contributed by atoms with Crippen LogP contribution in [0.1, 0.15) is 26.2 Å². The summed E-state index contributed by atoms with van der Waals surface area (Å²) in [5.74, 6) is 0.697. The highest BCUT2D eigenvalue weighted by atomic mass is 16.5. The average Bonchev–Trinajstić information content (AvgIpc) is 2.99. The van der Waals surface area contributed by atoms with E-state index in [0.717, 1.165) is 31.7 Å². The lowest BCUT2D eigenvalue weighted by molar-refractivity contribution is -0.116. The fourth-order valence-electron chi connectivity index (χ4n) is 2.33. The fraction of sp³-hybridized carbons (Fsp3) is 0.562. The third-order valence-electron chi connectivity index (χ3n) is 3.39. The summed E-state index contributed by atoms with van der Waals surface area (Å²) in [7, 11) is 0. The second-order valence-corrected chi connectivity index (χ2v) is 5.07. The Labute approximate surface area is 126 Å². The zero-order valence-corrected chi connectivity index (χ0v) is 12.6. The van der Waals surface area contributed by atoms with Gasteiger partial charge in [-0.1, -0.05) is 12.1 Å². The van der Waals surface area contributed by atoms with Gasteiger partial charge in [0.1, 0.15) is 5.75 Å². The molecule has 5 heteroatoms. The predicted octanol–water partition coefficient (Wildman–Crippen LogP) is 2.18. The van der Waals surface area contributed by atoms with Gasteiger partial charge in [0.25, 0.3) is 0 Å². The molecule has 0 aromatic heterocycles. The van der Waals surface area contributed by atoms with Crippen LogP contribution in [-0.4, -0.2) is 38.3 Å². The Hall–Kier alpha value is -1.59. The van der Waals surface area contributed by atoms with Crippen molar-refractivity contribution in [2.24, 2.45) is 0 Å². The van der Waals surface area contributed by atoms with Crippen LogP contribution in [0.15, 0.2) is 24.3 Å². The van der Waals surface area contributed by atoms with Crippen molar-refractivity contribution in [1.29, 1.82) is 0 Å². The largest absolute Gasteiger partial charge is 0.492 e. The topological polar surface area (TPSA) is 59.6 Å². The Morgan fingerprint density at radius 3 is 3.05 bits per heavy atom. The van der Waals surface area contributed by atoms with Crippen LogP contribution >= 0.6 is 0 Å². The molecule has 2 N–H and O–H groups in total.